The van der Waals surface area contributed by atoms with Crippen molar-refractivity contribution in [3.63, 3.8) is 0 Å². The van der Waals surface area contributed by atoms with E-state index in [9.17, 15) is 9.59 Å². The largest absolute Gasteiger partial charge is 0.240 e. The molecule has 104 valence electrons. The number of hydrogen-bond donors (Lipinski definition) is 0. The van der Waals surface area contributed by atoms with Gasteiger partial charge in [0.05, 0.1) is 11.7 Å². The van der Waals surface area contributed by atoms with Crippen molar-refractivity contribution in [2.24, 2.45) is 15.9 Å². The van der Waals surface area contributed by atoms with E-state index in [4.69, 9.17) is 0 Å². The minimum Gasteiger partial charge on any atom is -0.211 e. The Morgan fingerprint density at radius 2 is 1.90 bits per heavy atom. The lowest BCUT2D eigenvalue weighted by atomic mass is 9.82. The highest BCUT2D eigenvalue weighted by atomic mass is 16.1. The SMILES string of the molecule is Cc1cc(CC2CCC(N=C=O)CC2)ccc1N=C=O. The van der Waals surface area contributed by atoms with Crippen LogP contribution in [0.3, 0.4) is 0 Å². The van der Waals surface area contributed by atoms with Crippen molar-refractivity contribution in [1.29, 1.82) is 0 Å². The van der Waals surface area contributed by atoms with Crippen LogP contribution in [0.25, 0.3) is 0 Å². The molecule has 1 aliphatic carbocycles. The molecule has 0 atom stereocenters. The molecule has 20 heavy (non-hydrogen) atoms. The molecule has 1 aromatic rings. The third-order valence-corrected chi connectivity index (χ3v) is 4.00. The Morgan fingerprint density at radius 1 is 1.15 bits per heavy atom. The summed E-state index contributed by atoms with van der Waals surface area (Å²) in [6.45, 7) is 1.95. The van der Waals surface area contributed by atoms with Gasteiger partial charge in [0.1, 0.15) is 0 Å². The molecular weight excluding hydrogens is 252 g/mol. The quantitative estimate of drug-likeness (QED) is 0.622. The predicted octanol–water partition coefficient (Wildman–Crippen LogP) is 3.40. The van der Waals surface area contributed by atoms with Crippen molar-refractivity contribution in [3.8, 4) is 0 Å². The zero-order chi connectivity index (χ0) is 14.4. The summed E-state index contributed by atoms with van der Waals surface area (Å²) in [6, 6.07) is 6.16. The first kappa shape index (κ1) is 14.4. The zero-order valence-electron chi connectivity index (χ0n) is 11.6. The van der Waals surface area contributed by atoms with Gasteiger partial charge in [-0.15, -0.1) is 0 Å². The Labute approximate surface area is 118 Å². The number of rotatable bonds is 4. The lowest BCUT2D eigenvalue weighted by Crippen LogP contribution is -2.18. The minimum atomic E-state index is 0.176. The fraction of sp³-hybridized carbons (Fsp3) is 0.500. The summed E-state index contributed by atoms with van der Waals surface area (Å²) >= 11 is 0. The minimum absolute atomic E-state index is 0.176. The van der Waals surface area contributed by atoms with E-state index in [1.54, 1.807) is 12.2 Å². The van der Waals surface area contributed by atoms with Gasteiger partial charge in [0.15, 0.2) is 0 Å². The third kappa shape index (κ3) is 3.74. The average molecular weight is 270 g/mol. The maximum absolute atomic E-state index is 10.3. The second-order valence-electron chi connectivity index (χ2n) is 5.42. The Hall–Kier alpha value is -2.02. The first-order valence-electron chi connectivity index (χ1n) is 6.97. The fourth-order valence-electron chi connectivity index (χ4n) is 2.91. The molecule has 0 saturated heterocycles. The Morgan fingerprint density at radius 3 is 2.50 bits per heavy atom. The monoisotopic (exact) mass is 270 g/mol. The van der Waals surface area contributed by atoms with Crippen molar-refractivity contribution < 1.29 is 9.59 Å². The molecule has 2 rings (SSSR count). The lowest BCUT2D eigenvalue weighted by molar-refractivity contribution is 0.325. The van der Waals surface area contributed by atoms with E-state index in [0.29, 0.717) is 11.6 Å². The first-order valence-corrected chi connectivity index (χ1v) is 6.97. The van der Waals surface area contributed by atoms with E-state index in [2.05, 4.69) is 16.1 Å². The predicted molar refractivity (Wildman–Crippen MR) is 76.5 cm³/mol. The van der Waals surface area contributed by atoms with Crippen molar-refractivity contribution in [1.82, 2.24) is 0 Å². The van der Waals surface area contributed by atoms with Gasteiger partial charge < -0.3 is 0 Å². The second kappa shape index (κ2) is 6.95. The van der Waals surface area contributed by atoms with E-state index < -0.39 is 0 Å². The van der Waals surface area contributed by atoms with E-state index >= 15 is 0 Å². The maximum Gasteiger partial charge on any atom is 0.240 e. The normalized spacial score (nSPS) is 21.6. The summed E-state index contributed by atoms with van der Waals surface area (Å²) in [5.41, 5.74) is 2.97. The van der Waals surface area contributed by atoms with Crippen LogP contribution in [0.4, 0.5) is 5.69 Å². The lowest BCUT2D eigenvalue weighted by Gasteiger charge is -2.25. The highest BCUT2D eigenvalue weighted by Crippen LogP contribution is 2.30. The van der Waals surface area contributed by atoms with Crippen LogP contribution in [0, 0.1) is 12.8 Å². The highest BCUT2D eigenvalue weighted by Gasteiger charge is 2.21. The molecule has 1 aliphatic rings. The average Bonchev–Trinajstić information content (AvgIpc) is 2.44. The van der Waals surface area contributed by atoms with Gasteiger partial charge in [-0.2, -0.15) is 4.99 Å². The summed E-state index contributed by atoms with van der Waals surface area (Å²) < 4.78 is 0. The number of hydrogen-bond acceptors (Lipinski definition) is 4. The van der Waals surface area contributed by atoms with Gasteiger partial charge in [-0.1, -0.05) is 12.1 Å². The van der Waals surface area contributed by atoms with Gasteiger partial charge in [-0.25, -0.2) is 14.6 Å². The zero-order valence-corrected chi connectivity index (χ0v) is 11.6. The molecule has 0 aromatic heterocycles. The van der Waals surface area contributed by atoms with Crippen LogP contribution in [-0.2, 0) is 16.0 Å². The molecule has 1 aromatic carbocycles. The standard InChI is InChI=1S/C16H18N2O2/c1-12-8-14(4-7-16(12)18-11-20)9-13-2-5-15(6-3-13)17-10-19/h4,7-8,13,15H,2-3,5-6,9H2,1H3. The number of isocyanates is 2. The van der Waals surface area contributed by atoms with Crippen LogP contribution < -0.4 is 0 Å². The number of aryl methyl sites for hydroxylation is 1. The smallest absolute Gasteiger partial charge is 0.211 e. The van der Waals surface area contributed by atoms with Crippen molar-refractivity contribution in [2.75, 3.05) is 0 Å². The maximum atomic E-state index is 10.3. The van der Waals surface area contributed by atoms with Crippen molar-refractivity contribution >= 4 is 17.8 Å². The van der Waals surface area contributed by atoms with Crippen LogP contribution in [-0.4, -0.2) is 18.2 Å². The summed E-state index contributed by atoms with van der Waals surface area (Å²) in [5, 5.41) is 0. The molecule has 4 heteroatoms. The van der Waals surface area contributed by atoms with Gasteiger partial charge in [0.25, 0.3) is 0 Å². The molecule has 0 heterocycles. The van der Waals surface area contributed by atoms with Gasteiger partial charge in [-0.05, 0) is 62.1 Å². The van der Waals surface area contributed by atoms with Crippen molar-refractivity contribution in [3.05, 3.63) is 29.3 Å². The van der Waals surface area contributed by atoms with Crippen LogP contribution >= 0.6 is 0 Å². The van der Waals surface area contributed by atoms with E-state index in [0.717, 1.165) is 37.7 Å². The topological polar surface area (TPSA) is 58.9 Å². The van der Waals surface area contributed by atoms with E-state index in [-0.39, 0.29) is 6.04 Å². The van der Waals surface area contributed by atoms with Gasteiger partial charge in [-0.3, -0.25) is 0 Å². The number of benzene rings is 1. The highest BCUT2D eigenvalue weighted by molar-refractivity contribution is 5.54. The molecule has 0 spiro atoms. The van der Waals surface area contributed by atoms with E-state index in [1.165, 1.54) is 5.56 Å². The molecule has 0 amide bonds. The van der Waals surface area contributed by atoms with Gasteiger partial charge >= 0.3 is 0 Å². The molecule has 0 unspecified atom stereocenters. The molecule has 1 saturated carbocycles. The summed E-state index contributed by atoms with van der Waals surface area (Å²) in [4.78, 5) is 28.0. The van der Waals surface area contributed by atoms with Gasteiger partial charge in [0, 0.05) is 0 Å². The number of carbonyl (C=O) groups excluding carboxylic acids is 2. The molecule has 0 bridgehead atoms. The summed E-state index contributed by atoms with van der Waals surface area (Å²) in [7, 11) is 0. The second-order valence-corrected chi connectivity index (χ2v) is 5.42. The molecule has 0 radical (unpaired) electrons. The van der Waals surface area contributed by atoms with Crippen LogP contribution in [0.1, 0.15) is 36.8 Å². The van der Waals surface area contributed by atoms with E-state index in [1.807, 2.05) is 19.1 Å². The third-order valence-electron chi connectivity index (χ3n) is 4.00. The molecule has 0 aliphatic heterocycles. The van der Waals surface area contributed by atoms with Crippen LogP contribution in [0.2, 0.25) is 0 Å². The first-order chi connectivity index (χ1) is 9.72. The molecule has 4 nitrogen and oxygen atoms in total. The molecule has 1 fully saturated rings. The fourth-order valence-corrected chi connectivity index (χ4v) is 2.91. The Bertz CT molecular complexity index is 562. The van der Waals surface area contributed by atoms with Gasteiger partial charge in [0.2, 0.25) is 12.2 Å². The van der Waals surface area contributed by atoms with Crippen LogP contribution in [0.5, 0.6) is 0 Å². The number of nitrogens with zero attached hydrogens (tertiary/aromatic N) is 2. The Balaban J connectivity index is 1.96. The summed E-state index contributed by atoms with van der Waals surface area (Å²) in [6.07, 6.45) is 8.43. The molecule has 0 N–H and O–H groups in total. The number of aliphatic imine (C=N–C) groups is 2. The van der Waals surface area contributed by atoms with Crippen LogP contribution in [0.15, 0.2) is 28.2 Å². The summed E-state index contributed by atoms with van der Waals surface area (Å²) in [5.74, 6) is 0.646. The Kier molecular flexibility index (Phi) is 5.00. The van der Waals surface area contributed by atoms with Crippen molar-refractivity contribution in [2.45, 2.75) is 45.1 Å². The molecular formula is C16H18N2O2.